The molecule has 1 aromatic heterocycles. The molecule has 0 unspecified atom stereocenters. The van der Waals surface area contributed by atoms with Gasteiger partial charge in [-0.1, -0.05) is 12.1 Å². The van der Waals surface area contributed by atoms with Crippen LogP contribution in [0.25, 0.3) is 0 Å². The Morgan fingerprint density at radius 1 is 1.09 bits per heavy atom. The molecule has 1 amide bonds. The molecular weight excluding hydrogens is 454 g/mol. The molecule has 0 bridgehead atoms. The molecule has 1 fully saturated rings. The number of nitrogens with zero attached hydrogens (tertiary/aromatic N) is 4. The second-order valence-electron chi connectivity index (χ2n) is 8.43. The summed E-state index contributed by atoms with van der Waals surface area (Å²) < 4.78 is 30.5. The van der Waals surface area contributed by atoms with Gasteiger partial charge in [0.15, 0.2) is 11.7 Å². The monoisotopic (exact) mass is 477 g/mol. The number of aromatic nitrogens is 2. The van der Waals surface area contributed by atoms with E-state index < -0.39 is 10.0 Å². The molecule has 3 aromatic rings. The van der Waals surface area contributed by atoms with Crippen molar-refractivity contribution in [3.8, 4) is 0 Å². The van der Waals surface area contributed by atoms with Gasteiger partial charge in [0.1, 0.15) is 4.90 Å². The lowest BCUT2D eigenvalue weighted by Gasteiger charge is -2.33. The summed E-state index contributed by atoms with van der Waals surface area (Å²) in [7, 11) is -1.95. The van der Waals surface area contributed by atoms with Gasteiger partial charge in [-0.3, -0.25) is 9.59 Å². The highest BCUT2D eigenvalue weighted by Gasteiger charge is 2.35. The molecule has 0 radical (unpaired) electrons. The quantitative estimate of drug-likeness (QED) is 0.578. The van der Waals surface area contributed by atoms with Crippen LogP contribution in [0.2, 0.25) is 0 Å². The van der Waals surface area contributed by atoms with E-state index in [4.69, 9.17) is 0 Å². The number of sulfonamides is 1. The number of ketones is 1. The highest BCUT2D eigenvalue weighted by atomic mass is 32.2. The fraction of sp³-hybridized carbons (Fsp3) is 0.250. The zero-order valence-electron chi connectivity index (χ0n) is 18.5. The third-order valence-corrected chi connectivity index (χ3v) is 7.47. The Morgan fingerprint density at radius 3 is 2.59 bits per heavy atom. The van der Waals surface area contributed by atoms with Crippen LogP contribution in [-0.4, -0.2) is 53.5 Å². The number of carbonyl (C=O) groups is 2. The molecule has 5 rings (SSSR count). The lowest BCUT2D eigenvalue weighted by Crippen LogP contribution is -2.43. The summed E-state index contributed by atoms with van der Waals surface area (Å²) in [5.41, 5.74) is 1.65. The van der Waals surface area contributed by atoms with E-state index in [2.05, 4.69) is 14.7 Å². The minimum absolute atomic E-state index is 0.150. The number of fused-ring (bicyclic) bond motifs is 1. The minimum Gasteiger partial charge on any atom is -0.355 e. The first kappa shape index (κ1) is 22.0. The smallest absolute Gasteiger partial charge is 0.285 e. The van der Waals surface area contributed by atoms with Gasteiger partial charge in [0.05, 0.1) is 5.92 Å². The van der Waals surface area contributed by atoms with Crippen molar-refractivity contribution >= 4 is 33.2 Å². The first-order valence-corrected chi connectivity index (χ1v) is 12.4. The summed E-state index contributed by atoms with van der Waals surface area (Å²) in [6, 6.07) is 13.5. The van der Waals surface area contributed by atoms with Gasteiger partial charge < -0.3 is 14.8 Å². The Morgan fingerprint density at radius 2 is 1.85 bits per heavy atom. The molecule has 1 saturated heterocycles. The van der Waals surface area contributed by atoms with Crippen LogP contribution in [0, 0.1) is 5.92 Å². The Labute approximate surface area is 197 Å². The van der Waals surface area contributed by atoms with Gasteiger partial charge in [0.25, 0.3) is 10.0 Å². The van der Waals surface area contributed by atoms with Gasteiger partial charge in [0.2, 0.25) is 11.7 Å². The van der Waals surface area contributed by atoms with Crippen molar-refractivity contribution in [2.75, 3.05) is 18.4 Å². The van der Waals surface area contributed by atoms with E-state index in [1.165, 1.54) is 0 Å². The Kier molecular flexibility index (Phi) is 5.52. The normalized spacial score (nSPS) is 18.8. The predicted molar refractivity (Wildman–Crippen MR) is 126 cm³/mol. The number of carbonyl (C=O) groups excluding carboxylic acids is 2. The lowest BCUT2D eigenvalue weighted by atomic mass is 9.96. The number of hydrogen-bond donors (Lipinski definition) is 1. The number of piperidine rings is 1. The summed E-state index contributed by atoms with van der Waals surface area (Å²) in [6.45, 7) is 1.01. The number of amides is 1. The molecular formula is C24H23N5O4S. The van der Waals surface area contributed by atoms with Crippen molar-refractivity contribution in [2.24, 2.45) is 17.4 Å². The minimum atomic E-state index is -3.71. The van der Waals surface area contributed by atoms with Gasteiger partial charge >= 0.3 is 0 Å². The second-order valence-corrected chi connectivity index (χ2v) is 10.0. The number of anilines is 1. The van der Waals surface area contributed by atoms with Crippen LogP contribution >= 0.6 is 0 Å². The van der Waals surface area contributed by atoms with E-state index in [9.17, 15) is 18.0 Å². The van der Waals surface area contributed by atoms with E-state index in [0.29, 0.717) is 48.0 Å². The van der Waals surface area contributed by atoms with Crippen LogP contribution in [0.1, 0.15) is 34.6 Å². The maximum atomic E-state index is 13.0. The van der Waals surface area contributed by atoms with E-state index in [1.54, 1.807) is 72.5 Å². The fourth-order valence-corrected chi connectivity index (χ4v) is 5.59. The van der Waals surface area contributed by atoms with E-state index in [1.807, 2.05) is 4.90 Å². The number of aryl methyl sites for hydroxylation is 1. The maximum absolute atomic E-state index is 13.0. The van der Waals surface area contributed by atoms with Crippen LogP contribution in [-0.2, 0) is 21.9 Å². The molecule has 9 nitrogen and oxygen atoms in total. The molecule has 10 heteroatoms. The van der Waals surface area contributed by atoms with Crippen molar-refractivity contribution in [1.29, 1.82) is 0 Å². The molecule has 1 atom stereocenters. The highest BCUT2D eigenvalue weighted by molar-refractivity contribution is 7.90. The number of likely N-dealkylation sites (tertiary alicyclic amines) is 1. The Bertz CT molecular complexity index is 1410. The molecule has 2 aliphatic heterocycles. The molecule has 0 spiro atoms. The molecule has 2 aliphatic rings. The van der Waals surface area contributed by atoms with Gasteiger partial charge in [-0.15, -0.1) is 4.40 Å². The first-order chi connectivity index (χ1) is 16.3. The zero-order valence-corrected chi connectivity index (χ0v) is 19.3. The standard InChI is InChI=1S/C24H23N5O4S/c1-28-14-12-25-23(28)21(30)16-8-10-18(11-9-16)26-24(31)17-5-4-13-29(15-17)22-19-6-2-3-7-20(19)34(32,33)27-22/h2-3,6-12,14,17H,4-5,13,15H2,1H3,(H,26,31)/t17-/m1/s1. The van der Waals surface area contributed by atoms with E-state index >= 15 is 0 Å². The second kappa shape index (κ2) is 8.53. The fourth-order valence-electron chi connectivity index (χ4n) is 4.36. The molecule has 1 N–H and O–H groups in total. The van der Waals surface area contributed by atoms with Crippen molar-refractivity contribution < 1.29 is 18.0 Å². The van der Waals surface area contributed by atoms with Gasteiger partial charge in [-0.2, -0.15) is 8.42 Å². The Balaban J connectivity index is 1.27. The predicted octanol–water partition coefficient (Wildman–Crippen LogP) is 2.45. The van der Waals surface area contributed by atoms with Crippen molar-refractivity contribution in [2.45, 2.75) is 17.7 Å². The topological polar surface area (TPSA) is 114 Å². The molecule has 174 valence electrons. The molecule has 34 heavy (non-hydrogen) atoms. The van der Waals surface area contributed by atoms with Crippen LogP contribution in [0.5, 0.6) is 0 Å². The molecule has 3 heterocycles. The number of benzene rings is 2. The van der Waals surface area contributed by atoms with Gasteiger partial charge in [0, 0.05) is 49.3 Å². The number of hydrogen-bond acceptors (Lipinski definition) is 6. The maximum Gasteiger partial charge on any atom is 0.285 e. The number of imidazole rings is 1. The van der Waals surface area contributed by atoms with Crippen LogP contribution in [0.4, 0.5) is 5.69 Å². The van der Waals surface area contributed by atoms with Crippen LogP contribution in [0.15, 0.2) is 70.2 Å². The number of nitrogens with one attached hydrogen (secondary N) is 1. The van der Waals surface area contributed by atoms with Gasteiger partial charge in [-0.05, 0) is 49.2 Å². The average Bonchev–Trinajstić information content (AvgIpc) is 3.39. The van der Waals surface area contributed by atoms with Crippen molar-refractivity contribution in [1.82, 2.24) is 14.5 Å². The van der Waals surface area contributed by atoms with E-state index in [-0.39, 0.29) is 22.5 Å². The SMILES string of the molecule is Cn1ccnc1C(=O)c1ccc(NC(=O)[C@@H]2CCCN(C3=NS(=O)(=O)c4ccccc43)C2)cc1. The average molecular weight is 478 g/mol. The van der Waals surface area contributed by atoms with Crippen LogP contribution in [0.3, 0.4) is 0 Å². The van der Waals surface area contributed by atoms with Crippen molar-refractivity contribution in [3.63, 3.8) is 0 Å². The number of rotatable bonds is 4. The number of amidine groups is 1. The van der Waals surface area contributed by atoms with Crippen LogP contribution < -0.4 is 5.32 Å². The highest BCUT2D eigenvalue weighted by Crippen LogP contribution is 2.30. The first-order valence-electron chi connectivity index (χ1n) is 11.0. The molecule has 0 saturated carbocycles. The molecule has 0 aliphatic carbocycles. The summed E-state index contributed by atoms with van der Waals surface area (Å²) >= 11 is 0. The van der Waals surface area contributed by atoms with Crippen molar-refractivity contribution in [3.05, 3.63) is 77.9 Å². The third kappa shape index (κ3) is 4.01. The Hall–Kier alpha value is -3.79. The zero-order chi connectivity index (χ0) is 23.9. The summed E-state index contributed by atoms with van der Waals surface area (Å²) in [4.78, 5) is 31.7. The summed E-state index contributed by atoms with van der Waals surface area (Å²) in [5, 5.41) is 2.91. The summed E-state index contributed by atoms with van der Waals surface area (Å²) in [5.74, 6) is 0.0898. The largest absolute Gasteiger partial charge is 0.355 e. The third-order valence-electron chi connectivity index (χ3n) is 6.14. The molecule has 2 aromatic carbocycles. The van der Waals surface area contributed by atoms with E-state index in [0.717, 1.165) is 6.42 Å². The lowest BCUT2D eigenvalue weighted by molar-refractivity contribution is -0.121. The summed E-state index contributed by atoms with van der Waals surface area (Å²) in [6.07, 6.45) is 4.72. The van der Waals surface area contributed by atoms with Gasteiger partial charge in [-0.25, -0.2) is 4.98 Å².